The van der Waals surface area contributed by atoms with E-state index in [2.05, 4.69) is 23.8 Å². The van der Waals surface area contributed by atoms with Gasteiger partial charge in [-0.3, -0.25) is 4.79 Å². The van der Waals surface area contributed by atoms with E-state index in [1.54, 1.807) is 7.11 Å². The Kier molecular flexibility index (Phi) is 12.7. The standard InChI is InChI=1S/C21H36O3S/c1-4-5-6-7-8-10-13-18-15-16-19(23-2)21(18)25-17-12-9-11-14-20(22)24-3/h10,13,18H,4-9,11-12,14-17H2,1-3H3/b13-10+. The predicted octanol–water partition coefficient (Wildman–Crippen LogP) is 6.25. The number of hydrogen-bond donors (Lipinski definition) is 0. The molecule has 1 unspecified atom stereocenters. The number of unbranched alkanes of at least 4 members (excludes halogenated alkanes) is 6. The summed E-state index contributed by atoms with van der Waals surface area (Å²) in [6.45, 7) is 2.25. The van der Waals surface area contributed by atoms with Crippen LogP contribution in [-0.2, 0) is 14.3 Å². The Morgan fingerprint density at radius 2 is 1.96 bits per heavy atom. The molecule has 25 heavy (non-hydrogen) atoms. The first-order chi connectivity index (χ1) is 12.2. The van der Waals surface area contributed by atoms with E-state index in [1.807, 2.05) is 11.8 Å². The van der Waals surface area contributed by atoms with Crippen molar-refractivity contribution in [1.29, 1.82) is 0 Å². The summed E-state index contributed by atoms with van der Waals surface area (Å²) < 4.78 is 10.3. The number of carbonyl (C=O) groups excluding carboxylic acids is 1. The van der Waals surface area contributed by atoms with Gasteiger partial charge in [0.05, 0.1) is 14.2 Å². The molecule has 0 spiro atoms. The molecule has 0 aliphatic heterocycles. The van der Waals surface area contributed by atoms with Crippen molar-refractivity contribution in [3.8, 4) is 0 Å². The number of hydrogen-bond acceptors (Lipinski definition) is 4. The summed E-state index contributed by atoms with van der Waals surface area (Å²) in [5.41, 5.74) is 0. The molecule has 4 heteroatoms. The summed E-state index contributed by atoms with van der Waals surface area (Å²) in [4.78, 5) is 12.5. The van der Waals surface area contributed by atoms with Gasteiger partial charge in [0.2, 0.25) is 0 Å². The molecule has 0 fully saturated rings. The van der Waals surface area contributed by atoms with E-state index in [9.17, 15) is 4.79 Å². The minimum Gasteiger partial charge on any atom is -0.500 e. The third kappa shape index (κ3) is 9.39. The van der Waals surface area contributed by atoms with Crippen LogP contribution in [0.2, 0.25) is 0 Å². The van der Waals surface area contributed by atoms with Crippen molar-refractivity contribution in [3.05, 3.63) is 22.8 Å². The number of esters is 1. The molecule has 0 aromatic carbocycles. The third-order valence-electron chi connectivity index (χ3n) is 4.64. The number of carbonyl (C=O) groups is 1. The first kappa shape index (κ1) is 22.1. The maximum absolute atomic E-state index is 11.1. The van der Waals surface area contributed by atoms with Crippen LogP contribution in [0.25, 0.3) is 0 Å². The van der Waals surface area contributed by atoms with Crippen LogP contribution in [0, 0.1) is 5.92 Å². The average Bonchev–Trinajstić information content (AvgIpc) is 3.02. The Bertz CT molecular complexity index is 429. The van der Waals surface area contributed by atoms with Crippen LogP contribution < -0.4 is 0 Å². The van der Waals surface area contributed by atoms with Crippen LogP contribution in [0.3, 0.4) is 0 Å². The largest absolute Gasteiger partial charge is 0.500 e. The van der Waals surface area contributed by atoms with Gasteiger partial charge in [-0.25, -0.2) is 0 Å². The van der Waals surface area contributed by atoms with Crippen LogP contribution in [0.5, 0.6) is 0 Å². The number of thioether (sulfide) groups is 1. The monoisotopic (exact) mass is 368 g/mol. The zero-order chi connectivity index (χ0) is 18.3. The molecule has 1 aliphatic rings. The first-order valence-electron chi connectivity index (χ1n) is 9.86. The summed E-state index contributed by atoms with van der Waals surface area (Å²) in [5, 5.41) is 0. The molecular weight excluding hydrogens is 332 g/mol. The van der Waals surface area contributed by atoms with Crippen LogP contribution >= 0.6 is 11.8 Å². The van der Waals surface area contributed by atoms with Gasteiger partial charge in [0, 0.05) is 23.7 Å². The summed E-state index contributed by atoms with van der Waals surface area (Å²) in [6.07, 6.45) is 17.2. The molecule has 0 saturated carbocycles. The van der Waals surface area contributed by atoms with Gasteiger partial charge in [-0.2, -0.15) is 0 Å². The van der Waals surface area contributed by atoms with Crippen molar-refractivity contribution in [3.63, 3.8) is 0 Å². The molecule has 0 saturated heterocycles. The van der Waals surface area contributed by atoms with Crippen molar-refractivity contribution in [2.75, 3.05) is 20.0 Å². The van der Waals surface area contributed by atoms with Crippen molar-refractivity contribution in [2.45, 2.75) is 77.6 Å². The molecule has 1 aliphatic carbocycles. The topological polar surface area (TPSA) is 35.5 Å². The second-order valence-corrected chi connectivity index (χ2v) is 7.79. The van der Waals surface area contributed by atoms with Crippen molar-refractivity contribution in [1.82, 2.24) is 0 Å². The molecule has 1 rings (SSSR count). The first-order valence-corrected chi connectivity index (χ1v) is 10.8. The number of rotatable bonds is 14. The molecule has 0 amide bonds. The molecule has 1 atom stereocenters. The second-order valence-electron chi connectivity index (χ2n) is 6.65. The van der Waals surface area contributed by atoms with Gasteiger partial charge in [-0.15, -0.1) is 11.8 Å². The van der Waals surface area contributed by atoms with E-state index < -0.39 is 0 Å². The average molecular weight is 369 g/mol. The van der Waals surface area contributed by atoms with Crippen LogP contribution in [0.1, 0.15) is 77.6 Å². The highest BCUT2D eigenvalue weighted by atomic mass is 32.2. The second kappa shape index (κ2) is 14.3. The lowest BCUT2D eigenvalue weighted by atomic mass is 10.1. The van der Waals surface area contributed by atoms with Gasteiger partial charge in [0.25, 0.3) is 0 Å². The molecule has 0 bridgehead atoms. The highest BCUT2D eigenvalue weighted by Crippen LogP contribution is 2.40. The fraction of sp³-hybridized carbons (Fsp3) is 0.762. The smallest absolute Gasteiger partial charge is 0.305 e. The Morgan fingerprint density at radius 1 is 1.16 bits per heavy atom. The fourth-order valence-corrected chi connectivity index (χ4v) is 4.43. The number of ether oxygens (including phenoxy) is 2. The van der Waals surface area contributed by atoms with Gasteiger partial charge >= 0.3 is 5.97 Å². The lowest BCUT2D eigenvalue weighted by Crippen LogP contribution is -1.99. The van der Waals surface area contributed by atoms with Crippen molar-refractivity contribution >= 4 is 17.7 Å². The highest BCUT2D eigenvalue weighted by Gasteiger charge is 2.24. The van der Waals surface area contributed by atoms with Crippen LogP contribution in [-0.4, -0.2) is 25.9 Å². The van der Waals surface area contributed by atoms with Gasteiger partial charge in [0.15, 0.2) is 0 Å². The zero-order valence-corrected chi connectivity index (χ0v) is 17.2. The molecule has 3 nitrogen and oxygen atoms in total. The minimum atomic E-state index is -0.100. The van der Waals surface area contributed by atoms with Gasteiger partial charge in [0.1, 0.15) is 5.76 Å². The van der Waals surface area contributed by atoms with Crippen LogP contribution in [0.4, 0.5) is 0 Å². The maximum atomic E-state index is 11.1. The Morgan fingerprint density at radius 3 is 2.68 bits per heavy atom. The van der Waals surface area contributed by atoms with Gasteiger partial charge in [-0.05, 0) is 37.9 Å². The summed E-state index contributed by atoms with van der Waals surface area (Å²) in [5.74, 6) is 2.72. The van der Waals surface area contributed by atoms with Crippen molar-refractivity contribution < 1.29 is 14.3 Å². The Labute approximate surface area is 158 Å². The molecule has 0 heterocycles. The van der Waals surface area contributed by atoms with E-state index in [0.29, 0.717) is 12.3 Å². The van der Waals surface area contributed by atoms with Crippen molar-refractivity contribution in [2.24, 2.45) is 5.92 Å². The molecule has 0 aromatic heterocycles. The molecule has 0 N–H and O–H groups in total. The van der Waals surface area contributed by atoms with E-state index in [1.165, 1.54) is 56.3 Å². The SMILES string of the molecule is CCCCCC/C=C/C1CCC(OC)=C1SCCCCCC(=O)OC. The molecular formula is C21H36O3S. The minimum absolute atomic E-state index is 0.100. The number of methoxy groups -OCH3 is 2. The van der Waals surface area contributed by atoms with Gasteiger partial charge < -0.3 is 9.47 Å². The number of allylic oxidation sites excluding steroid dienone is 4. The van der Waals surface area contributed by atoms with E-state index >= 15 is 0 Å². The maximum Gasteiger partial charge on any atom is 0.305 e. The normalized spacial score (nSPS) is 17.5. The fourth-order valence-electron chi connectivity index (χ4n) is 3.10. The van der Waals surface area contributed by atoms with E-state index in [-0.39, 0.29) is 5.97 Å². The molecule has 0 aromatic rings. The Hall–Kier alpha value is -0.900. The quantitative estimate of drug-likeness (QED) is 0.206. The molecule has 0 radical (unpaired) electrons. The van der Waals surface area contributed by atoms with E-state index in [4.69, 9.17) is 4.74 Å². The zero-order valence-electron chi connectivity index (χ0n) is 16.4. The van der Waals surface area contributed by atoms with Gasteiger partial charge in [-0.1, -0.05) is 44.8 Å². The van der Waals surface area contributed by atoms with E-state index in [0.717, 1.165) is 31.4 Å². The third-order valence-corrected chi connectivity index (χ3v) is 5.98. The lowest BCUT2D eigenvalue weighted by molar-refractivity contribution is -0.140. The molecule has 144 valence electrons. The summed E-state index contributed by atoms with van der Waals surface area (Å²) in [6, 6.07) is 0. The van der Waals surface area contributed by atoms with Crippen LogP contribution in [0.15, 0.2) is 22.8 Å². The predicted molar refractivity (Wildman–Crippen MR) is 108 cm³/mol. The Balaban J connectivity index is 2.29. The summed E-state index contributed by atoms with van der Waals surface area (Å²) in [7, 11) is 3.25. The highest BCUT2D eigenvalue weighted by molar-refractivity contribution is 8.03. The lowest BCUT2D eigenvalue weighted by Gasteiger charge is -2.11. The summed E-state index contributed by atoms with van der Waals surface area (Å²) >= 11 is 1.95.